The van der Waals surface area contributed by atoms with Gasteiger partial charge >= 0.3 is 17.7 Å². The van der Waals surface area contributed by atoms with Gasteiger partial charge in [-0.15, -0.1) is 0 Å². The van der Waals surface area contributed by atoms with E-state index in [1.165, 1.54) is 5.32 Å². The van der Waals surface area contributed by atoms with Crippen molar-refractivity contribution in [3.8, 4) is 0 Å². The standard InChI is InChI=1S/C11H8F6N2O3S/c12-10(13,14)4-6(9(21)22)19-7(20)5-2-1-3-18-8(5)23-11(15,16)17/h1-3,6H,4H2,(H,19,20)(H,21,22). The molecule has 2 N–H and O–H groups in total. The van der Waals surface area contributed by atoms with Gasteiger partial charge in [-0.25, -0.2) is 9.78 Å². The van der Waals surface area contributed by atoms with Gasteiger partial charge in [0, 0.05) is 18.0 Å². The fourth-order valence-electron chi connectivity index (χ4n) is 1.42. The van der Waals surface area contributed by atoms with Crippen LogP contribution in [0.4, 0.5) is 26.3 Å². The smallest absolute Gasteiger partial charge is 0.447 e. The van der Waals surface area contributed by atoms with Crippen molar-refractivity contribution in [2.45, 2.75) is 29.2 Å². The van der Waals surface area contributed by atoms with Gasteiger partial charge in [-0.1, -0.05) is 0 Å². The monoisotopic (exact) mass is 362 g/mol. The SMILES string of the molecule is O=C(NC(CC(F)(F)F)C(=O)O)c1cccnc1SC(F)(F)F. The normalized spacial score (nSPS) is 13.5. The van der Waals surface area contributed by atoms with E-state index in [-0.39, 0.29) is 0 Å². The zero-order chi connectivity index (χ0) is 17.8. The number of pyridine rings is 1. The van der Waals surface area contributed by atoms with Gasteiger partial charge in [0.2, 0.25) is 0 Å². The molecule has 12 heteroatoms. The molecule has 1 rings (SSSR count). The summed E-state index contributed by atoms with van der Waals surface area (Å²) < 4.78 is 73.8. The molecule has 1 aromatic rings. The lowest BCUT2D eigenvalue weighted by Gasteiger charge is -2.17. The predicted molar refractivity (Wildman–Crippen MR) is 65.7 cm³/mol. The highest BCUT2D eigenvalue weighted by atomic mass is 32.2. The molecule has 23 heavy (non-hydrogen) atoms. The fourth-order valence-corrected chi connectivity index (χ4v) is 2.03. The molecule has 0 fully saturated rings. The summed E-state index contributed by atoms with van der Waals surface area (Å²) in [6.45, 7) is 0. The van der Waals surface area contributed by atoms with Crippen LogP contribution in [-0.2, 0) is 4.79 Å². The van der Waals surface area contributed by atoms with Crippen LogP contribution in [0.5, 0.6) is 0 Å². The minimum Gasteiger partial charge on any atom is -0.480 e. The molecule has 1 unspecified atom stereocenters. The van der Waals surface area contributed by atoms with E-state index >= 15 is 0 Å². The molecule has 0 aliphatic carbocycles. The summed E-state index contributed by atoms with van der Waals surface area (Å²) in [5.41, 5.74) is -5.45. The Hall–Kier alpha value is -1.98. The summed E-state index contributed by atoms with van der Waals surface area (Å²) in [4.78, 5) is 25.9. The first-order chi connectivity index (χ1) is 10.4. The second kappa shape index (κ2) is 7.06. The van der Waals surface area contributed by atoms with Crippen molar-refractivity contribution >= 4 is 23.6 Å². The van der Waals surface area contributed by atoms with Crippen LogP contribution in [0.1, 0.15) is 16.8 Å². The van der Waals surface area contributed by atoms with Crippen molar-refractivity contribution in [2.75, 3.05) is 0 Å². The molecule has 0 saturated carbocycles. The number of aromatic nitrogens is 1. The van der Waals surface area contributed by atoms with E-state index in [2.05, 4.69) is 4.98 Å². The topological polar surface area (TPSA) is 79.3 Å². The molecule has 1 amide bonds. The number of nitrogens with zero attached hydrogens (tertiary/aromatic N) is 1. The lowest BCUT2D eigenvalue weighted by atomic mass is 10.2. The van der Waals surface area contributed by atoms with E-state index in [1.807, 2.05) is 0 Å². The summed E-state index contributed by atoms with van der Waals surface area (Å²) in [6, 6.07) is -0.343. The second-order valence-corrected chi connectivity index (χ2v) is 5.14. The number of alkyl halides is 6. The van der Waals surface area contributed by atoms with Crippen LogP contribution in [0.15, 0.2) is 23.4 Å². The van der Waals surface area contributed by atoms with Crippen LogP contribution in [0.3, 0.4) is 0 Å². The van der Waals surface area contributed by atoms with Gasteiger partial charge in [-0.05, 0) is 12.1 Å². The molecule has 0 aliphatic heterocycles. The van der Waals surface area contributed by atoms with E-state index in [9.17, 15) is 35.9 Å². The first kappa shape index (κ1) is 19.1. The first-order valence-electron chi connectivity index (χ1n) is 5.70. The van der Waals surface area contributed by atoms with Gasteiger partial charge in [-0.3, -0.25) is 4.79 Å². The molecule has 128 valence electrons. The van der Waals surface area contributed by atoms with Crippen molar-refractivity contribution in [3.63, 3.8) is 0 Å². The van der Waals surface area contributed by atoms with Gasteiger partial charge in [0.1, 0.15) is 11.1 Å². The summed E-state index contributed by atoms with van der Waals surface area (Å²) in [7, 11) is 0. The van der Waals surface area contributed by atoms with Crippen LogP contribution in [-0.4, -0.2) is 39.7 Å². The van der Waals surface area contributed by atoms with E-state index in [0.29, 0.717) is 0 Å². The Kier molecular flexibility index (Phi) is 5.86. The predicted octanol–water partition coefficient (Wildman–Crippen LogP) is 2.83. The number of thioether (sulfide) groups is 1. The lowest BCUT2D eigenvalue weighted by Crippen LogP contribution is -2.43. The molecule has 1 heterocycles. The number of rotatable bonds is 5. The number of carbonyl (C=O) groups is 2. The van der Waals surface area contributed by atoms with E-state index in [4.69, 9.17) is 5.11 Å². The molecule has 0 bridgehead atoms. The number of hydrogen-bond acceptors (Lipinski definition) is 4. The van der Waals surface area contributed by atoms with Gasteiger partial charge < -0.3 is 10.4 Å². The van der Waals surface area contributed by atoms with E-state index in [1.54, 1.807) is 0 Å². The quantitative estimate of drug-likeness (QED) is 0.622. The Morgan fingerprint density at radius 2 is 1.87 bits per heavy atom. The van der Waals surface area contributed by atoms with E-state index < -0.39 is 58.4 Å². The number of hydrogen-bond donors (Lipinski definition) is 2. The Balaban J connectivity index is 2.98. The van der Waals surface area contributed by atoms with Crippen LogP contribution < -0.4 is 5.32 Å². The molecule has 0 saturated heterocycles. The number of carboxylic acid groups (broad SMARTS) is 1. The lowest BCUT2D eigenvalue weighted by molar-refractivity contribution is -0.157. The zero-order valence-corrected chi connectivity index (χ0v) is 11.7. The van der Waals surface area contributed by atoms with Crippen molar-refractivity contribution in [3.05, 3.63) is 23.9 Å². The number of carboxylic acids is 1. The summed E-state index contributed by atoms with van der Waals surface area (Å²) >= 11 is -0.737. The first-order valence-corrected chi connectivity index (χ1v) is 6.52. The Labute approximate surface area is 129 Å². The van der Waals surface area contributed by atoms with Gasteiger partial charge in [0.15, 0.2) is 0 Å². The minimum atomic E-state index is -4.88. The van der Waals surface area contributed by atoms with Crippen molar-refractivity contribution < 1.29 is 41.0 Å². The number of aliphatic carboxylic acids is 1. The molecule has 1 atom stereocenters. The van der Waals surface area contributed by atoms with Crippen molar-refractivity contribution in [1.82, 2.24) is 10.3 Å². The molecule has 0 spiro atoms. The largest absolute Gasteiger partial charge is 0.480 e. The van der Waals surface area contributed by atoms with Gasteiger partial charge in [0.05, 0.1) is 12.0 Å². The number of halogens is 6. The third kappa shape index (κ3) is 6.76. The van der Waals surface area contributed by atoms with E-state index in [0.717, 1.165) is 18.3 Å². The third-order valence-corrected chi connectivity index (χ3v) is 3.02. The maximum atomic E-state index is 12.3. The van der Waals surface area contributed by atoms with Crippen LogP contribution in [0.2, 0.25) is 0 Å². The van der Waals surface area contributed by atoms with Crippen LogP contribution in [0, 0.1) is 0 Å². The maximum Gasteiger partial charge on any atom is 0.447 e. The number of amides is 1. The van der Waals surface area contributed by atoms with Crippen LogP contribution >= 0.6 is 11.8 Å². The molecule has 0 radical (unpaired) electrons. The van der Waals surface area contributed by atoms with Crippen molar-refractivity contribution in [2.24, 2.45) is 0 Å². The zero-order valence-electron chi connectivity index (χ0n) is 10.9. The molecular weight excluding hydrogens is 354 g/mol. The molecular formula is C11H8F6N2O3S. The van der Waals surface area contributed by atoms with Crippen molar-refractivity contribution in [1.29, 1.82) is 0 Å². The summed E-state index contributed by atoms with van der Waals surface area (Å²) in [6.07, 6.45) is -5.79. The minimum absolute atomic E-state index is 0.678. The third-order valence-electron chi connectivity index (χ3n) is 2.27. The summed E-state index contributed by atoms with van der Waals surface area (Å²) in [5.74, 6) is -3.37. The highest BCUT2D eigenvalue weighted by molar-refractivity contribution is 8.00. The average Bonchev–Trinajstić information content (AvgIpc) is 2.34. The fraction of sp³-hybridized carbons (Fsp3) is 0.364. The molecule has 0 aliphatic rings. The highest BCUT2D eigenvalue weighted by Crippen LogP contribution is 2.37. The average molecular weight is 362 g/mol. The Morgan fingerprint density at radius 1 is 1.26 bits per heavy atom. The maximum absolute atomic E-state index is 12.3. The molecule has 5 nitrogen and oxygen atoms in total. The molecule has 0 aromatic carbocycles. The van der Waals surface area contributed by atoms with Crippen LogP contribution in [0.25, 0.3) is 0 Å². The van der Waals surface area contributed by atoms with Gasteiger partial charge in [-0.2, -0.15) is 26.3 Å². The number of nitrogens with one attached hydrogen (secondary N) is 1. The van der Waals surface area contributed by atoms with Gasteiger partial charge in [0.25, 0.3) is 5.91 Å². The number of carbonyl (C=O) groups excluding carboxylic acids is 1. The Bertz CT molecular complexity index is 590. The Morgan fingerprint density at radius 3 is 2.35 bits per heavy atom. The summed E-state index contributed by atoms with van der Waals surface area (Å²) in [5, 5.41) is 9.41. The molecule has 1 aromatic heterocycles. The highest BCUT2D eigenvalue weighted by Gasteiger charge is 2.37. The second-order valence-electron chi connectivity index (χ2n) is 4.09.